The van der Waals surface area contributed by atoms with Crippen LogP contribution in [-0.2, 0) is 21.0 Å². The van der Waals surface area contributed by atoms with Crippen molar-refractivity contribution in [2.45, 2.75) is 11.1 Å². The van der Waals surface area contributed by atoms with Gasteiger partial charge in [0.15, 0.2) is 0 Å². The van der Waals surface area contributed by atoms with E-state index < -0.39 is 27.0 Å². The fourth-order valence-electron chi connectivity index (χ4n) is 2.11. The number of methoxy groups -OCH3 is 1. The lowest BCUT2D eigenvalue weighted by molar-refractivity contribution is -0.137. The summed E-state index contributed by atoms with van der Waals surface area (Å²) in [4.78, 5) is 10.5. The molecular weight excluding hydrogens is 407 g/mol. The third-order valence-corrected chi connectivity index (χ3v) is 4.84. The maximum absolute atomic E-state index is 12.9. The Hall–Kier alpha value is -2.52. The van der Waals surface area contributed by atoms with Crippen LogP contribution >= 0.6 is 11.6 Å². The molecule has 2 rings (SSSR count). The Morgan fingerprint density at radius 1 is 1.19 bits per heavy atom. The lowest BCUT2D eigenvalue weighted by atomic mass is 10.2. The van der Waals surface area contributed by atoms with Crippen molar-refractivity contribution in [2.24, 2.45) is 0 Å². The topological polar surface area (TPSA) is 72.5 Å². The second-order valence-electron chi connectivity index (χ2n) is 5.23. The summed E-state index contributed by atoms with van der Waals surface area (Å²) in [6.07, 6.45) is -2.30. The molecule has 0 saturated carbocycles. The Labute approximate surface area is 158 Å². The van der Waals surface area contributed by atoms with E-state index in [4.69, 9.17) is 16.3 Å². The number of carbonyl (C=O) groups excluding carboxylic acids is 1. The van der Waals surface area contributed by atoms with Gasteiger partial charge in [-0.3, -0.25) is 9.52 Å². The molecule has 0 fully saturated rings. The number of hydrogen-bond donors (Lipinski definition) is 1. The maximum atomic E-state index is 12.9. The van der Waals surface area contributed by atoms with Crippen LogP contribution in [0.3, 0.4) is 0 Å². The van der Waals surface area contributed by atoms with Crippen LogP contribution in [-0.4, -0.2) is 20.8 Å². The van der Waals surface area contributed by atoms with Crippen LogP contribution in [0.5, 0.6) is 5.75 Å². The molecule has 0 aliphatic rings. The zero-order valence-corrected chi connectivity index (χ0v) is 15.3. The van der Waals surface area contributed by atoms with E-state index in [0.717, 1.165) is 18.2 Å². The molecule has 0 aliphatic heterocycles. The van der Waals surface area contributed by atoms with Gasteiger partial charge in [0.05, 0.1) is 23.3 Å². The highest BCUT2D eigenvalue weighted by Crippen LogP contribution is 2.35. The van der Waals surface area contributed by atoms with E-state index in [2.05, 4.69) is 4.72 Å². The van der Waals surface area contributed by atoms with Gasteiger partial charge >= 0.3 is 6.18 Å². The minimum absolute atomic E-state index is 0.0737. The predicted molar refractivity (Wildman–Crippen MR) is 95.1 cm³/mol. The van der Waals surface area contributed by atoms with Gasteiger partial charge in [-0.05, 0) is 53.6 Å². The zero-order valence-electron chi connectivity index (χ0n) is 13.7. The molecule has 0 atom stereocenters. The number of ether oxygens (including phenoxy) is 1. The van der Waals surface area contributed by atoms with Gasteiger partial charge < -0.3 is 4.74 Å². The smallest absolute Gasteiger partial charge is 0.416 e. The minimum atomic E-state index is -4.65. The molecule has 1 N–H and O–H groups in total. The first kappa shape index (κ1) is 20.8. The number of hydrogen-bond acceptors (Lipinski definition) is 4. The third kappa shape index (κ3) is 5.48. The number of rotatable bonds is 6. The molecule has 144 valence electrons. The molecular formula is C17H13ClF3NO4S. The molecule has 0 aromatic heterocycles. The second kappa shape index (κ2) is 8.01. The number of sulfonamides is 1. The van der Waals surface area contributed by atoms with Crippen LogP contribution in [0.25, 0.3) is 6.08 Å². The van der Waals surface area contributed by atoms with E-state index in [1.807, 2.05) is 0 Å². The first-order chi connectivity index (χ1) is 12.5. The number of nitrogens with one attached hydrogen (secondary N) is 1. The largest absolute Gasteiger partial charge is 0.495 e. The van der Waals surface area contributed by atoms with Gasteiger partial charge in [-0.2, -0.15) is 13.2 Å². The lowest BCUT2D eigenvalue weighted by Gasteiger charge is -2.15. The highest BCUT2D eigenvalue weighted by molar-refractivity contribution is 7.92. The van der Waals surface area contributed by atoms with Gasteiger partial charge in [0.25, 0.3) is 10.0 Å². The molecule has 27 heavy (non-hydrogen) atoms. The average Bonchev–Trinajstić information content (AvgIpc) is 2.59. The molecule has 5 nitrogen and oxygen atoms in total. The zero-order chi connectivity index (χ0) is 20.2. The summed E-state index contributed by atoms with van der Waals surface area (Å²) in [6.45, 7) is 0. The van der Waals surface area contributed by atoms with Crippen molar-refractivity contribution in [1.29, 1.82) is 0 Å². The Balaban J connectivity index is 2.42. The molecule has 2 aromatic carbocycles. The van der Waals surface area contributed by atoms with Gasteiger partial charge in [-0.15, -0.1) is 0 Å². The summed E-state index contributed by atoms with van der Waals surface area (Å²) in [5, 5.41) is -0.741. The highest BCUT2D eigenvalue weighted by atomic mass is 35.5. The van der Waals surface area contributed by atoms with Crippen molar-refractivity contribution in [3.8, 4) is 5.75 Å². The van der Waals surface area contributed by atoms with Crippen molar-refractivity contribution < 1.29 is 31.1 Å². The quantitative estimate of drug-likeness (QED) is 0.560. The van der Waals surface area contributed by atoms with E-state index in [1.165, 1.54) is 37.5 Å². The predicted octanol–water partition coefficient (Wildman–Crippen LogP) is 4.29. The summed E-state index contributed by atoms with van der Waals surface area (Å²) >= 11 is 5.19. The number of allylic oxidation sites excluding steroid dienone is 1. The molecule has 2 aromatic rings. The SMILES string of the molecule is COc1ccc(C(F)(F)F)cc1NS(=O)(=O)c1cccc(C=CC(=O)Cl)c1. The van der Waals surface area contributed by atoms with Gasteiger partial charge in [-0.1, -0.05) is 18.2 Å². The number of alkyl halides is 3. The summed E-state index contributed by atoms with van der Waals surface area (Å²) in [5.41, 5.74) is -1.02. The van der Waals surface area contributed by atoms with E-state index in [9.17, 15) is 26.4 Å². The van der Waals surface area contributed by atoms with Gasteiger partial charge in [-0.25, -0.2) is 8.42 Å². The molecule has 0 aliphatic carbocycles. The van der Waals surface area contributed by atoms with Gasteiger partial charge in [0.2, 0.25) is 5.24 Å². The fourth-order valence-corrected chi connectivity index (χ4v) is 3.29. The molecule has 0 unspecified atom stereocenters. The third-order valence-electron chi connectivity index (χ3n) is 3.35. The Kier molecular flexibility index (Phi) is 6.17. The van der Waals surface area contributed by atoms with Gasteiger partial charge in [0.1, 0.15) is 5.75 Å². The maximum Gasteiger partial charge on any atom is 0.416 e. The first-order valence-corrected chi connectivity index (χ1v) is 9.15. The number of carbonyl (C=O) groups is 1. The number of anilines is 1. The second-order valence-corrected chi connectivity index (χ2v) is 7.28. The van der Waals surface area contributed by atoms with Crippen LogP contribution in [0.2, 0.25) is 0 Å². The van der Waals surface area contributed by atoms with E-state index in [1.54, 1.807) is 0 Å². The van der Waals surface area contributed by atoms with E-state index >= 15 is 0 Å². The monoisotopic (exact) mass is 419 g/mol. The van der Waals surface area contributed by atoms with E-state index in [-0.39, 0.29) is 16.3 Å². The molecule has 0 bridgehead atoms. The standard InChI is InChI=1S/C17H13ClF3NO4S/c1-26-15-7-6-12(17(19,20)21)10-14(15)22-27(24,25)13-4-2-3-11(9-13)5-8-16(18)23/h2-10,22H,1H3. The summed E-state index contributed by atoms with van der Waals surface area (Å²) in [5.74, 6) is -0.0737. The molecule has 0 saturated heterocycles. The summed E-state index contributed by atoms with van der Waals surface area (Å²) in [7, 11) is -3.02. The Bertz CT molecular complexity index is 988. The summed E-state index contributed by atoms with van der Waals surface area (Å²) < 4.78 is 70.8. The van der Waals surface area contributed by atoms with Crippen molar-refractivity contribution in [2.75, 3.05) is 11.8 Å². The number of halogens is 4. The average molecular weight is 420 g/mol. The number of benzene rings is 2. The van der Waals surface area contributed by atoms with Crippen LogP contribution < -0.4 is 9.46 Å². The molecule has 0 radical (unpaired) electrons. The van der Waals surface area contributed by atoms with Crippen LogP contribution in [0.15, 0.2) is 53.4 Å². The van der Waals surface area contributed by atoms with Crippen molar-refractivity contribution in [3.05, 3.63) is 59.7 Å². The fraction of sp³-hybridized carbons (Fsp3) is 0.118. The van der Waals surface area contributed by atoms with Crippen molar-refractivity contribution in [1.82, 2.24) is 0 Å². The Morgan fingerprint density at radius 3 is 2.48 bits per heavy atom. The van der Waals surface area contributed by atoms with E-state index in [0.29, 0.717) is 11.6 Å². The normalized spacial score (nSPS) is 12.2. The van der Waals surface area contributed by atoms with Gasteiger partial charge in [0, 0.05) is 0 Å². The minimum Gasteiger partial charge on any atom is -0.495 e. The van der Waals surface area contributed by atoms with Crippen LogP contribution in [0, 0.1) is 0 Å². The van der Waals surface area contributed by atoms with Crippen molar-refractivity contribution >= 4 is 38.6 Å². The Morgan fingerprint density at radius 2 is 1.89 bits per heavy atom. The summed E-state index contributed by atoms with van der Waals surface area (Å²) in [6, 6.07) is 7.88. The molecule has 0 amide bonds. The van der Waals surface area contributed by atoms with Crippen LogP contribution in [0.4, 0.5) is 18.9 Å². The molecule has 0 spiro atoms. The lowest BCUT2D eigenvalue weighted by Crippen LogP contribution is -2.15. The van der Waals surface area contributed by atoms with Crippen molar-refractivity contribution in [3.63, 3.8) is 0 Å². The first-order valence-electron chi connectivity index (χ1n) is 7.28. The molecule has 10 heteroatoms. The highest BCUT2D eigenvalue weighted by Gasteiger charge is 2.31. The molecule has 0 heterocycles. The van der Waals surface area contributed by atoms with Crippen LogP contribution in [0.1, 0.15) is 11.1 Å².